The molecule has 7 heterocycles. The molecule has 0 amide bonds. The third-order valence-electron chi connectivity index (χ3n) is 26.0. The number of hydrogen-bond acceptors (Lipinski definition) is 37. The second-order valence-electron chi connectivity index (χ2n) is 32.3. The Morgan fingerprint density at radius 1 is 0.374 bits per heavy atom. The molecule has 107 heavy (non-hydrogen) atoms. The Morgan fingerprint density at radius 3 is 1.23 bits per heavy atom. The highest BCUT2D eigenvalue weighted by atomic mass is 16.8. The minimum absolute atomic E-state index is 0.00370. The molecule has 37 heteroatoms. The molecule has 45 atom stereocenters. The Balaban J connectivity index is 0.734. The standard InChI is InChI=1S/C70H118O37/c1-25(6-7-26(2)31-10-11-32-30-9-8-28-16-29(12-14-69(28,4)33(30)13-15-70(31,32)5)96-63-52(88)45(81)41(77)34(17-71)97-63)27(3)23-94-68-61(48(84)44(80)40(103-68)24-95-62-55(91)49(85)58(37(20-74)100-62)104-64-53(89)46(82)42(78)35(18-72)98-64)107-67-57(93)51(87)60(39(22-76)102-67)106-66-56(92)50(86)59(38(21-75)101-66)105-65-54(90)47(83)43(79)36(19-73)99-65/h8,25-27,29-68,71-93H,6-7,9-24H2,1-5H3/t25-,26+,27?,29-,30-,31+,32-,33-,34+,35+,36+,37+,38+,39+,40+,41+,42+,43+,44+,45-,46-,47-,48-,49+,50+,51+,52+,53+,54+,55+,56+,57+,58+,59+,60+,61+,62+,63+,64-,65-,66-,67-,68+,69-,70+/m0/s1. The molecule has 4 aliphatic carbocycles. The molecule has 0 aromatic carbocycles. The SMILES string of the molecule is CC(CO[C@@H]1O[C@H](CO[C@@H]2O[C@H](CO)[C@@H](O[C@@H]3O[C@H](CO)[C@@H](O)[C@H](O)[C@H]3O)[C@H](O)[C@H]2O)[C@@H](O)[C@H](O)[C@H]1O[C@@H]1O[C@H](CO)[C@@H](O[C@@H]2O[C@H](CO)[C@@H](O[C@@H]3O[C@H](CO)[C@@H](O)[C@H](O)[C@H]3O)[C@H](O)[C@H]2O)[C@H](O)[C@H]1O)[C@@H](C)CC[C@@H](C)[C@H]1CC[C@H]2[C@@H]3CC=C4C[C@@H](O[C@@H]5O[C@H](CO)[C@@H](O)[C@H](O)[C@H]5O)CC[C@]4(C)[C@H]3CC[C@]12C. The first-order valence-corrected chi connectivity index (χ1v) is 37.8. The van der Waals surface area contributed by atoms with Crippen LogP contribution in [0.3, 0.4) is 0 Å². The molecule has 11 aliphatic rings. The van der Waals surface area contributed by atoms with E-state index in [0.29, 0.717) is 42.4 Å². The minimum Gasteiger partial charge on any atom is -0.394 e. The third kappa shape index (κ3) is 17.3. The van der Waals surface area contributed by atoms with E-state index in [-0.39, 0.29) is 35.4 Å². The fraction of sp³-hybridized carbons (Fsp3) is 0.971. The smallest absolute Gasteiger partial charge is 0.187 e. The lowest BCUT2D eigenvalue weighted by atomic mass is 9.47. The maximum Gasteiger partial charge on any atom is 0.187 e. The molecule has 1 unspecified atom stereocenters. The normalized spacial score (nSPS) is 52.0. The molecule has 37 nitrogen and oxygen atoms in total. The second-order valence-corrected chi connectivity index (χ2v) is 32.3. The summed E-state index contributed by atoms with van der Waals surface area (Å²) >= 11 is 0. The summed E-state index contributed by atoms with van der Waals surface area (Å²) in [6.45, 7) is 5.30. The van der Waals surface area contributed by atoms with Gasteiger partial charge in [-0.3, -0.25) is 0 Å². The molecule has 10 fully saturated rings. The van der Waals surface area contributed by atoms with Gasteiger partial charge in [0.1, 0.15) is 171 Å². The summed E-state index contributed by atoms with van der Waals surface area (Å²) in [6, 6.07) is 0. The van der Waals surface area contributed by atoms with Crippen LogP contribution < -0.4 is 0 Å². The van der Waals surface area contributed by atoms with E-state index in [1.54, 1.807) is 0 Å². The Hall–Kier alpha value is -1.74. The lowest BCUT2D eigenvalue weighted by molar-refractivity contribution is -0.393. The van der Waals surface area contributed by atoms with E-state index in [1.165, 1.54) is 5.57 Å². The predicted molar refractivity (Wildman–Crippen MR) is 353 cm³/mol. The molecular weight excluding hydrogens is 1430 g/mol. The van der Waals surface area contributed by atoms with Gasteiger partial charge in [-0.05, 0) is 104 Å². The van der Waals surface area contributed by atoms with E-state index in [9.17, 15) is 117 Å². The van der Waals surface area contributed by atoms with Crippen LogP contribution in [0.5, 0.6) is 0 Å². The lowest BCUT2D eigenvalue weighted by Crippen LogP contribution is -2.67. The van der Waals surface area contributed by atoms with Crippen LogP contribution in [0.4, 0.5) is 0 Å². The average Bonchev–Trinajstić information content (AvgIpc) is 1.65. The molecule has 0 aromatic heterocycles. The van der Waals surface area contributed by atoms with Crippen LogP contribution in [0.15, 0.2) is 11.6 Å². The van der Waals surface area contributed by atoms with E-state index in [1.807, 2.05) is 6.92 Å². The van der Waals surface area contributed by atoms with Crippen molar-refractivity contribution in [2.45, 2.75) is 320 Å². The number of allylic oxidation sites excluding steroid dienone is 1. The van der Waals surface area contributed by atoms with Crippen LogP contribution in [-0.4, -0.2) is 391 Å². The van der Waals surface area contributed by atoms with Crippen molar-refractivity contribution in [1.29, 1.82) is 0 Å². The Bertz CT molecular complexity index is 2800. The van der Waals surface area contributed by atoms with Crippen LogP contribution in [-0.2, 0) is 66.3 Å². The fourth-order valence-corrected chi connectivity index (χ4v) is 19.0. The monoisotopic (exact) mass is 1550 g/mol. The number of aliphatic hydroxyl groups is 23. The molecule has 11 rings (SSSR count). The van der Waals surface area contributed by atoms with Gasteiger partial charge in [0, 0.05) is 0 Å². The highest BCUT2D eigenvalue weighted by Gasteiger charge is 2.62. The van der Waals surface area contributed by atoms with Gasteiger partial charge in [0.25, 0.3) is 0 Å². The van der Waals surface area contributed by atoms with Gasteiger partial charge in [-0.2, -0.15) is 0 Å². The maximum absolute atomic E-state index is 12.1. The summed E-state index contributed by atoms with van der Waals surface area (Å²) in [5.74, 6) is 2.03. The minimum atomic E-state index is -2.17. The lowest BCUT2D eigenvalue weighted by Gasteiger charge is -2.58. The Kier molecular flexibility index (Phi) is 29.1. The zero-order chi connectivity index (χ0) is 77.7. The van der Waals surface area contributed by atoms with Crippen molar-refractivity contribution >= 4 is 0 Å². The summed E-state index contributed by atoms with van der Waals surface area (Å²) in [6.07, 6.45) is -50.9. The Morgan fingerprint density at radius 2 is 0.766 bits per heavy atom. The zero-order valence-corrected chi connectivity index (χ0v) is 60.6. The van der Waals surface area contributed by atoms with Crippen LogP contribution >= 0.6 is 0 Å². The highest BCUT2D eigenvalue weighted by Crippen LogP contribution is 2.68. The van der Waals surface area contributed by atoms with Gasteiger partial charge < -0.3 is 184 Å². The van der Waals surface area contributed by atoms with Gasteiger partial charge >= 0.3 is 0 Å². The van der Waals surface area contributed by atoms with Gasteiger partial charge in [0.05, 0.1) is 59.0 Å². The largest absolute Gasteiger partial charge is 0.394 e. The van der Waals surface area contributed by atoms with Crippen LogP contribution in [0, 0.1) is 52.3 Å². The molecule has 7 saturated heterocycles. The van der Waals surface area contributed by atoms with Gasteiger partial charge in [-0.1, -0.05) is 59.1 Å². The summed E-state index contributed by atoms with van der Waals surface area (Å²) in [5, 5.41) is 247. The molecule has 0 spiro atoms. The van der Waals surface area contributed by atoms with Crippen LogP contribution in [0.25, 0.3) is 0 Å². The molecule has 0 bridgehead atoms. The van der Waals surface area contributed by atoms with Gasteiger partial charge in [-0.25, -0.2) is 0 Å². The average molecular weight is 1550 g/mol. The second kappa shape index (κ2) is 36.2. The zero-order valence-electron chi connectivity index (χ0n) is 60.6. The molecular formula is C70H118O37. The predicted octanol–water partition coefficient (Wildman–Crippen LogP) is -8.62. The van der Waals surface area contributed by atoms with Gasteiger partial charge in [-0.15, -0.1) is 0 Å². The number of rotatable bonds is 27. The maximum atomic E-state index is 12.1. The van der Waals surface area contributed by atoms with Crippen LogP contribution in [0.1, 0.15) is 98.8 Å². The van der Waals surface area contributed by atoms with Crippen molar-refractivity contribution < 1.29 is 184 Å². The molecule has 3 saturated carbocycles. The van der Waals surface area contributed by atoms with Crippen molar-refractivity contribution in [1.82, 2.24) is 0 Å². The van der Waals surface area contributed by atoms with E-state index in [2.05, 4.69) is 33.8 Å². The number of fused-ring (bicyclic) bond motifs is 5. The molecule has 620 valence electrons. The van der Waals surface area contributed by atoms with E-state index in [0.717, 1.165) is 51.4 Å². The first-order valence-electron chi connectivity index (χ1n) is 37.8. The molecule has 23 N–H and O–H groups in total. The van der Waals surface area contributed by atoms with Crippen LogP contribution in [0.2, 0.25) is 0 Å². The summed E-state index contributed by atoms with van der Waals surface area (Å²) < 4.78 is 82.2. The number of aliphatic hydroxyl groups excluding tert-OH is 23. The first kappa shape index (κ1) is 86.1. The van der Waals surface area contributed by atoms with E-state index in [4.69, 9.17) is 66.3 Å². The Labute approximate surface area is 618 Å². The van der Waals surface area contributed by atoms with Crippen molar-refractivity contribution in [3.63, 3.8) is 0 Å². The van der Waals surface area contributed by atoms with Crippen molar-refractivity contribution in [2.75, 3.05) is 52.9 Å². The number of ether oxygens (including phenoxy) is 14. The highest BCUT2D eigenvalue weighted by molar-refractivity contribution is 5.26. The molecule has 7 aliphatic heterocycles. The van der Waals surface area contributed by atoms with E-state index >= 15 is 0 Å². The summed E-state index contributed by atoms with van der Waals surface area (Å²) in [5.41, 5.74) is 1.39. The quantitative estimate of drug-likeness (QED) is 0.0340. The summed E-state index contributed by atoms with van der Waals surface area (Å²) in [7, 11) is 0. The summed E-state index contributed by atoms with van der Waals surface area (Å²) in [4.78, 5) is 0. The van der Waals surface area contributed by atoms with Crippen molar-refractivity contribution in [2.24, 2.45) is 52.3 Å². The third-order valence-corrected chi connectivity index (χ3v) is 26.0. The topological polar surface area (TPSA) is 595 Å². The van der Waals surface area contributed by atoms with Gasteiger partial charge in [0.2, 0.25) is 0 Å². The van der Waals surface area contributed by atoms with Crippen molar-refractivity contribution in [3.05, 3.63) is 11.6 Å². The van der Waals surface area contributed by atoms with E-state index < -0.39 is 261 Å². The van der Waals surface area contributed by atoms with Gasteiger partial charge in [0.15, 0.2) is 44.0 Å². The molecule has 0 aromatic rings. The van der Waals surface area contributed by atoms with Crippen molar-refractivity contribution in [3.8, 4) is 0 Å². The first-order chi connectivity index (χ1) is 50.8. The number of hydrogen-bond donors (Lipinski definition) is 23. The molecule has 0 radical (unpaired) electrons. The fourth-order valence-electron chi connectivity index (χ4n) is 19.0.